The van der Waals surface area contributed by atoms with Crippen LogP contribution in [0.4, 0.5) is 15.6 Å². The van der Waals surface area contributed by atoms with E-state index < -0.39 is 21.0 Å². The van der Waals surface area contributed by atoms with Gasteiger partial charge in [-0.25, -0.2) is 18.2 Å². The lowest BCUT2D eigenvalue weighted by Crippen LogP contribution is -2.22. The molecule has 0 aromatic carbocycles. The smallest absolute Gasteiger partial charge is 0.305 e. The van der Waals surface area contributed by atoms with Crippen LogP contribution in [0.1, 0.15) is 36.2 Å². The normalized spacial score (nSPS) is 14.5. The summed E-state index contributed by atoms with van der Waals surface area (Å²) in [4.78, 5) is 33.1. The molecule has 1 aliphatic carbocycles. The lowest BCUT2D eigenvalue weighted by Gasteiger charge is -2.12. The number of aromatic nitrogens is 6. The van der Waals surface area contributed by atoms with Gasteiger partial charge in [0.1, 0.15) is 9.90 Å². The molecule has 3 aromatic heterocycles. The number of ketones is 1. The maximum absolute atomic E-state index is 12.7. The second-order valence-corrected chi connectivity index (χ2v) is 9.61. The van der Waals surface area contributed by atoms with Crippen molar-refractivity contribution in [3.8, 4) is 0 Å². The van der Waals surface area contributed by atoms with Gasteiger partial charge in [-0.15, -0.1) is 5.10 Å². The molecular weight excluding hydrogens is 432 g/mol. The zero-order valence-corrected chi connectivity index (χ0v) is 17.0. The molecule has 156 valence electrons. The lowest BCUT2D eigenvalue weighted by atomic mass is 9.99. The molecule has 1 fully saturated rings. The molecule has 0 bridgehead atoms. The highest BCUT2D eigenvalue weighted by Gasteiger charge is 2.28. The molecule has 3 N–H and O–H groups in total. The fourth-order valence-corrected chi connectivity index (χ4v) is 5.26. The number of nitrogens with zero attached hydrogens (tertiary/aromatic N) is 5. The number of rotatable bonds is 6. The lowest BCUT2D eigenvalue weighted by molar-refractivity contribution is 0.0918. The van der Waals surface area contributed by atoms with Gasteiger partial charge in [0.05, 0.1) is 11.9 Å². The zero-order chi connectivity index (χ0) is 21.1. The van der Waals surface area contributed by atoms with Gasteiger partial charge in [-0.1, -0.05) is 29.3 Å². The minimum atomic E-state index is -3.98. The number of carbonyl (C=O) groups excluding carboxylic acids is 2. The average Bonchev–Trinajstić information content (AvgIpc) is 3.50. The number of Topliss-reactive ketones (excluding diaryl/α,β-unsaturated/α-hetero) is 1. The monoisotopic (exact) mass is 448 g/mol. The van der Waals surface area contributed by atoms with Gasteiger partial charge in [-0.3, -0.25) is 15.1 Å². The van der Waals surface area contributed by atoms with Crippen LogP contribution in [-0.2, 0) is 9.84 Å². The summed E-state index contributed by atoms with van der Waals surface area (Å²) in [6.07, 6.45) is 6.24. The first kappa shape index (κ1) is 20.0. The van der Waals surface area contributed by atoms with Gasteiger partial charge in [0.25, 0.3) is 15.0 Å². The van der Waals surface area contributed by atoms with E-state index in [0.29, 0.717) is 0 Å². The number of sulfone groups is 1. The Bertz CT molecular complexity index is 1170. The third-order valence-corrected chi connectivity index (χ3v) is 7.46. The van der Waals surface area contributed by atoms with Crippen molar-refractivity contribution >= 4 is 43.8 Å². The van der Waals surface area contributed by atoms with Crippen LogP contribution in [0.2, 0.25) is 0 Å². The number of amides is 2. The Labute approximate surface area is 174 Å². The molecule has 0 spiro atoms. The standard InChI is InChI=1S/C16H16N8O4S2/c25-13(9-4-1-2-5-9)12-10(6-3-7-17-12)19-14(26)20-15-18-8-11(29-15)30(27,28)16-21-23-24-22-16/h3,6-9H,1-2,4-5H2,(H2,18,19,20,26)(H,21,22,23,24). The van der Waals surface area contributed by atoms with Crippen LogP contribution in [0.15, 0.2) is 33.9 Å². The van der Waals surface area contributed by atoms with E-state index in [-0.39, 0.29) is 32.4 Å². The number of anilines is 2. The van der Waals surface area contributed by atoms with E-state index in [2.05, 4.69) is 41.2 Å². The third kappa shape index (κ3) is 4.04. The number of aromatic amines is 1. The Balaban J connectivity index is 1.46. The van der Waals surface area contributed by atoms with Gasteiger partial charge in [-0.05, 0) is 30.2 Å². The topological polar surface area (TPSA) is 173 Å². The highest BCUT2D eigenvalue weighted by molar-refractivity contribution is 7.93. The SMILES string of the molecule is O=C(Nc1ncc(S(=O)(=O)c2nn[nH]n2)s1)Nc1cccnc1C(=O)C1CCCC1. The molecule has 3 heterocycles. The van der Waals surface area contributed by atoms with Crippen LogP contribution in [0, 0.1) is 5.92 Å². The minimum absolute atomic E-state index is 0.0436. The van der Waals surface area contributed by atoms with E-state index in [9.17, 15) is 18.0 Å². The predicted molar refractivity (Wildman–Crippen MR) is 105 cm³/mol. The van der Waals surface area contributed by atoms with Crippen molar-refractivity contribution in [1.29, 1.82) is 0 Å². The van der Waals surface area contributed by atoms with Crippen LogP contribution in [-0.4, -0.2) is 50.8 Å². The van der Waals surface area contributed by atoms with Crippen molar-refractivity contribution in [3.63, 3.8) is 0 Å². The summed E-state index contributed by atoms with van der Waals surface area (Å²) in [5.41, 5.74) is 0.488. The van der Waals surface area contributed by atoms with Crippen molar-refractivity contribution in [2.75, 3.05) is 10.6 Å². The number of thiazole rings is 1. The summed E-state index contributed by atoms with van der Waals surface area (Å²) in [6, 6.07) is 2.52. The second-order valence-electron chi connectivity index (χ2n) is 6.51. The van der Waals surface area contributed by atoms with Crippen LogP contribution < -0.4 is 10.6 Å². The molecule has 0 aliphatic heterocycles. The van der Waals surface area contributed by atoms with Gasteiger partial charge in [0.15, 0.2) is 10.9 Å². The molecule has 4 rings (SSSR count). The van der Waals surface area contributed by atoms with Gasteiger partial charge in [-0.2, -0.15) is 5.21 Å². The second kappa shape index (κ2) is 8.23. The van der Waals surface area contributed by atoms with Gasteiger partial charge in [0.2, 0.25) is 0 Å². The summed E-state index contributed by atoms with van der Waals surface area (Å²) in [5.74, 6) is -0.175. The predicted octanol–water partition coefficient (Wildman–Crippen LogP) is 1.90. The highest BCUT2D eigenvalue weighted by Crippen LogP contribution is 2.30. The Kier molecular flexibility index (Phi) is 5.50. The highest BCUT2D eigenvalue weighted by atomic mass is 32.2. The maximum atomic E-state index is 12.7. The summed E-state index contributed by atoms with van der Waals surface area (Å²) >= 11 is 0.733. The first-order chi connectivity index (χ1) is 14.4. The maximum Gasteiger partial charge on any atom is 0.325 e. The number of nitrogens with one attached hydrogen (secondary N) is 3. The molecule has 0 saturated heterocycles. The van der Waals surface area contributed by atoms with Gasteiger partial charge in [0, 0.05) is 12.1 Å². The molecule has 1 aliphatic rings. The number of hydrogen-bond donors (Lipinski definition) is 3. The van der Waals surface area contributed by atoms with Crippen molar-refractivity contribution in [2.45, 2.75) is 35.0 Å². The average molecular weight is 448 g/mol. The summed E-state index contributed by atoms with van der Waals surface area (Å²) in [5, 5.41) is 16.8. The number of carbonyl (C=O) groups is 2. The van der Waals surface area contributed by atoms with E-state index in [0.717, 1.165) is 43.2 Å². The molecule has 0 unspecified atom stereocenters. The summed E-state index contributed by atoms with van der Waals surface area (Å²) < 4.78 is 24.5. The van der Waals surface area contributed by atoms with E-state index in [1.165, 1.54) is 6.20 Å². The molecule has 12 nitrogen and oxygen atoms in total. The van der Waals surface area contributed by atoms with Gasteiger partial charge < -0.3 is 5.32 Å². The van der Waals surface area contributed by atoms with Crippen LogP contribution in [0.25, 0.3) is 0 Å². The molecule has 3 aromatic rings. The molecule has 30 heavy (non-hydrogen) atoms. The largest absolute Gasteiger partial charge is 0.325 e. The van der Waals surface area contributed by atoms with Crippen LogP contribution in [0.3, 0.4) is 0 Å². The van der Waals surface area contributed by atoms with Crippen molar-refractivity contribution < 1.29 is 18.0 Å². The van der Waals surface area contributed by atoms with Crippen molar-refractivity contribution in [2.24, 2.45) is 5.92 Å². The van der Waals surface area contributed by atoms with Crippen molar-refractivity contribution in [1.82, 2.24) is 30.6 Å². The van der Waals surface area contributed by atoms with E-state index >= 15 is 0 Å². The third-order valence-electron chi connectivity index (χ3n) is 4.55. The quantitative estimate of drug-likeness (QED) is 0.476. The number of H-pyrrole nitrogens is 1. The molecule has 14 heteroatoms. The molecule has 2 amide bonds. The summed E-state index contributed by atoms with van der Waals surface area (Å²) in [7, 11) is -3.98. The van der Waals surface area contributed by atoms with E-state index in [1.807, 2.05) is 0 Å². The number of pyridine rings is 1. The zero-order valence-electron chi connectivity index (χ0n) is 15.4. The number of tetrazole rings is 1. The van der Waals surface area contributed by atoms with Crippen LogP contribution in [0.5, 0.6) is 0 Å². The molecule has 1 saturated carbocycles. The number of urea groups is 1. The molecular formula is C16H16N8O4S2. The fraction of sp³-hybridized carbons (Fsp3) is 0.312. The van der Waals surface area contributed by atoms with E-state index in [4.69, 9.17) is 0 Å². The van der Waals surface area contributed by atoms with Crippen LogP contribution >= 0.6 is 11.3 Å². The molecule has 0 atom stereocenters. The Morgan fingerprint density at radius 2 is 1.97 bits per heavy atom. The molecule has 0 radical (unpaired) electrons. The van der Waals surface area contributed by atoms with Crippen molar-refractivity contribution in [3.05, 3.63) is 30.2 Å². The Morgan fingerprint density at radius 1 is 1.17 bits per heavy atom. The first-order valence-electron chi connectivity index (χ1n) is 8.97. The number of hydrogen-bond acceptors (Lipinski definition) is 10. The fourth-order valence-electron chi connectivity index (χ4n) is 3.13. The minimum Gasteiger partial charge on any atom is -0.305 e. The summed E-state index contributed by atoms with van der Waals surface area (Å²) in [6.45, 7) is 0. The first-order valence-corrected chi connectivity index (χ1v) is 11.3. The Morgan fingerprint density at radius 3 is 2.70 bits per heavy atom. The van der Waals surface area contributed by atoms with Gasteiger partial charge >= 0.3 is 6.03 Å². The Hall–Kier alpha value is -3.26. The van der Waals surface area contributed by atoms with E-state index in [1.54, 1.807) is 12.1 Å².